The van der Waals surface area contributed by atoms with Crippen molar-refractivity contribution in [2.75, 3.05) is 24.6 Å². The van der Waals surface area contributed by atoms with Gasteiger partial charge < -0.3 is 9.64 Å². The molecule has 0 aromatic heterocycles. The molecule has 1 aromatic carbocycles. The van der Waals surface area contributed by atoms with Gasteiger partial charge in [0.1, 0.15) is 0 Å². The normalized spacial score (nSPS) is 19.4. The van der Waals surface area contributed by atoms with Gasteiger partial charge in [0.15, 0.2) is 0 Å². The average molecular weight is 319 g/mol. The fourth-order valence-corrected chi connectivity index (χ4v) is 2.74. The van der Waals surface area contributed by atoms with Gasteiger partial charge in [0, 0.05) is 29.1 Å². The van der Waals surface area contributed by atoms with Crippen molar-refractivity contribution in [3.05, 3.63) is 28.2 Å². The van der Waals surface area contributed by atoms with Crippen LogP contribution in [0.4, 0.5) is 5.69 Å². The molecule has 0 atom stereocenters. The first kappa shape index (κ1) is 13.2. The number of hydrogen-bond acceptors (Lipinski definition) is 2. The monoisotopic (exact) mass is 317 g/mol. The predicted molar refractivity (Wildman–Crippen MR) is 75.9 cm³/mol. The van der Waals surface area contributed by atoms with Gasteiger partial charge in [-0.15, -0.1) is 11.6 Å². The zero-order valence-electron chi connectivity index (χ0n) is 10.2. The molecule has 1 fully saturated rings. The lowest BCUT2D eigenvalue weighted by Crippen LogP contribution is -2.48. The Kier molecular flexibility index (Phi) is 4.01. The molecule has 17 heavy (non-hydrogen) atoms. The lowest BCUT2D eigenvalue weighted by Gasteiger charge is -2.40. The third kappa shape index (κ3) is 3.15. The number of ether oxygens (including phenoxy) is 1. The maximum Gasteiger partial charge on any atom is 0.0801 e. The molecule has 0 N–H and O–H groups in total. The van der Waals surface area contributed by atoms with E-state index in [-0.39, 0.29) is 5.60 Å². The molecule has 1 aliphatic rings. The molecule has 0 unspecified atom stereocenters. The Balaban J connectivity index is 2.29. The fourth-order valence-electron chi connectivity index (χ4n) is 2.17. The van der Waals surface area contributed by atoms with Crippen molar-refractivity contribution in [2.45, 2.75) is 25.3 Å². The molecular weight excluding hydrogens is 302 g/mol. The van der Waals surface area contributed by atoms with Gasteiger partial charge in [0.05, 0.1) is 12.2 Å². The van der Waals surface area contributed by atoms with Crippen LogP contribution in [0.15, 0.2) is 22.7 Å². The van der Waals surface area contributed by atoms with Gasteiger partial charge in [-0.25, -0.2) is 0 Å². The molecule has 1 aliphatic heterocycles. The molecule has 0 bridgehead atoms. The van der Waals surface area contributed by atoms with Gasteiger partial charge in [0.2, 0.25) is 0 Å². The summed E-state index contributed by atoms with van der Waals surface area (Å²) in [5.74, 6) is 0.542. The average Bonchev–Trinajstić information content (AvgIpc) is 2.27. The molecule has 2 rings (SSSR count). The molecular formula is C13H17BrClNO. The Hall–Kier alpha value is -0.250. The van der Waals surface area contributed by atoms with Crippen molar-refractivity contribution in [3.8, 4) is 0 Å². The molecule has 0 saturated carbocycles. The highest BCUT2D eigenvalue weighted by Gasteiger charge is 2.28. The maximum absolute atomic E-state index is 6.00. The minimum atomic E-state index is -0.0931. The van der Waals surface area contributed by atoms with Crippen molar-refractivity contribution < 1.29 is 4.74 Å². The zero-order chi connectivity index (χ0) is 12.5. The van der Waals surface area contributed by atoms with Crippen LogP contribution in [-0.2, 0) is 10.6 Å². The van der Waals surface area contributed by atoms with E-state index in [9.17, 15) is 0 Å². The first-order valence-corrected chi connectivity index (χ1v) is 7.08. The zero-order valence-corrected chi connectivity index (χ0v) is 12.5. The Morgan fingerprint density at radius 2 is 2.24 bits per heavy atom. The van der Waals surface area contributed by atoms with E-state index in [1.165, 1.54) is 11.3 Å². The summed E-state index contributed by atoms with van der Waals surface area (Å²) in [6.07, 6.45) is 0. The minimum absolute atomic E-state index is 0.0931. The molecule has 1 heterocycles. The SMILES string of the molecule is CC1(C)CN(c2cc(Br)ccc2CCl)CCO1. The summed E-state index contributed by atoms with van der Waals surface area (Å²) in [4.78, 5) is 2.35. The van der Waals surface area contributed by atoms with Crippen LogP contribution in [0.2, 0.25) is 0 Å². The second kappa shape index (κ2) is 5.17. The second-order valence-electron chi connectivity index (χ2n) is 4.94. The van der Waals surface area contributed by atoms with Gasteiger partial charge in [-0.05, 0) is 31.5 Å². The number of halogens is 2. The summed E-state index contributed by atoms with van der Waals surface area (Å²) < 4.78 is 6.82. The van der Waals surface area contributed by atoms with Crippen molar-refractivity contribution in [3.63, 3.8) is 0 Å². The van der Waals surface area contributed by atoms with Crippen LogP contribution in [0.1, 0.15) is 19.4 Å². The molecule has 0 spiro atoms. The largest absolute Gasteiger partial charge is 0.372 e. The second-order valence-corrected chi connectivity index (χ2v) is 6.12. The van der Waals surface area contributed by atoms with Gasteiger partial charge in [-0.3, -0.25) is 0 Å². The van der Waals surface area contributed by atoms with E-state index in [4.69, 9.17) is 16.3 Å². The van der Waals surface area contributed by atoms with Crippen LogP contribution in [0.5, 0.6) is 0 Å². The maximum atomic E-state index is 6.00. The summed E-state index contributed by atoms with van der Waals surface area (Å²) in [5.41, 5.74) is 2.29. The lowest BCUT2D eigenvalue weighted by atomic mass is 10.1. The van der Waals surface area contributed by atoms with Gasteiger partial charge in [-0.1, -0.05) is 22.0 Å². The Labute approximate surface area is 116 Å². The Bertz CT molecular complexity index is 408. The number of benzene rings is 1. The third-order valence-electron chi connectivity index (χ3n) is 2.96. The number of alkyl halides is 1. The molecule has 4 heteroatoms. The van der Waals surface area contributed by atoms with Crippen LogP contribution < -0.4 is 4.90 Å². The van der Waals surface area contributed by atoms with E-state index in [0.29, 0.717) is 5.88 Å². The van der Waals surface area contributed by atoms with Crippen molar-refractivity contribution in [1.29, 1.82) is 0 Å². The number of anilines is 1. The molecule has 0 amide bonds. The van der Waals surface area contributed by atoms with E-state index < -0.39 is 0 Å². The standard InChI is InChI=1S/C13H17BrClNO/c1-13(2)9-16(5-6-17-13)12-7-11(14)4-3-10(12)8-15/h3-4,7H,5-6,8-9H2,1-2H3. The third-order valence-corrected chi connectivity index (χ3v) is 3.74. The molecule has 1 aromatic rings. The van der Waals surface area contributed by atoms with Crippen molar-refractivity contribution in [2.24, 2.45) is 0 Å². The highest BCUT2D eigenvalue weighted by molar-refractivity contribution is 9.10. The summed E-state index contributed by atoms with van der Waals surface area (Å²) in [7, 11) is 0. The van der Waals surface area contributed by atoms with E-state index in [1.54, 1.807) is 0 Å². The number of morpholine rings is 1. The van der Waals surface area contributed by atoms with E-state index in [0.717, 1.165) is 24.2 Å². The molecule has 2 nitrogen and oxygen atoms in total. The van der Waals surface area contributed by atoms with Crippen LogP contribution in [0.3, 0.4) is 0 Å². The highest BCUT2D eigenvalue weighted by atomic mass is 79.9. The molecule has 94 valence electrons. The number of rotatable bonds is 2. The molecule has 0 radical (unpaired) electrons. The van der Waals surface area contributed by atoms with E-state index in [2.05, 4.69) is 46.8 Å². The van der Waals surface area contributed by atoms with Crippen molar-refractivity contribution >= 4 is 33.2 Å². The van der Waals surface area contributed by atoms with Crippen LogP contribution in [-0.4, -0.2) is 25.3 Å². The van der Waals surface area contributed by atoms with Gasteiger partial charge >= 0.3 is 0 Å². The molecule has 1 saturated heterocycles. The highest BCUT2D eigenvalue weighted by Crippen LogP contribution is 2.30. The fraction of sp³-hybridized carbons (Fsp3) is 0.538. The van der Waals surface area contributed by atoms with Crippen LogP contribution in [0, 0.1) is 0 Å². The topological polar surface area (TPSA) is 12.5 Å². The quantitative estimate of drug-likeness (QED) is 0.769. The minimum Gasteiger partial charge on any atom is -0.372 e. The van der Waals surface area contributed by atoms with Gasteiger partial charge in [0.25, 0.3) is 0 Å². The predicted octanol–water partition coefficient (Wildman–Crippen LogP) is 3.80. The summed E-state index contributed by atoms with van der Waals surface area (Å²) in [6, 6.07) is 6.25. The number of nitrogens with zero attached hydrogens (tertiary/aromatic N) is 1. The summed E-state index contributed by atoms with van der Waals surface area (Å²) in [6.45, 7) is 6.83. The summed E-state index contributed by atoms with van der Waals surface area (Å²) >= 11 is 9.52. The number of hydrogen-bond donors (Lipinski definition) is 0. The van der Waals surface area contributed by atoms with Gasteiger partial charge in [-0.2, -0.15) is 0 Å². The Morgan fingerprint density at radius 3 is 2.88 bits per heavy atom. The van der Waals surface area contributed by atoms with Crippen LogP contribution >= 0.6 is 27.5 Å². The lowest BCUT2D eigenvalue weighted by molar-refractivity contribution is -0.0277. The first-order chi connectivity index (χ1) is 8.02. The van der Waals surface area contributed by atoms with Crippen LogP contribution in [0.25, 0.3) is 0 Å². The Morgan fingerprint density at radius 1 is 1.47 bits per heavy atom. The molecule has 0 aliphatic carbocycles. The smallest absolute Gasteiger partial charge is 0.0801 e. The van der Waals surface area contributed by atoms with E-state index in [1.807, 2.05) is 6.07 Å². The summed E-state index contributed by atoms with van der Waals surface area (Å²) in [5, 5.41) is 0. The van der Waals surface area contributed by atoms with Crippen molar-refractivity contribution in [1.82, 2.24) is 0 Å². The first-order valence-electron chi connectivity index (χ1n) is 5.75. The van der Waals surface area contributed by atoms with E-state index >= 15 is 0 Å².